The molecular weight excluding hydrogens is 290 g/mol. The average molecular weight is 305 g/mol. The molecule has 2 heterocycles. The van der Waals surface area contributed by atoms with Crippen LogP contribution < -0.4 is 9.47 Å². The van der Waals surface area contributed by atoms with Crippen molar-refractivity contribution in [2.45, 2.75) is 19.9 Å². The molecule has 0 bridgehead atoms. The number of amides is 2. The molecule has 0 saturated carbocycles. The number of ether oxygens (including phenoxy) is 2. The first kappa shape index (κ1) is 14.0. The molecule has 0 atom stereocenters. The Morgan fingerprint density at radius 2 is 1.90 bits per heavy atom. The van der Waals surface area contributed by atoms with Gasteiger partial charge < -0.3 is 9.47 Å². The zero-order chi connectivity index (χ0) is 15.0. The second-order valence-corrected chi connectivity index (χ2v) is 6.04. The number of hydrogen-bond acceptors (Lipinski definition) is 5. The monoisotopic (exact) mass is 305 g/mol. The molecule has 21 heavy (non-hydrogen) atoms. The summed E-state index contributed by atoms with van der Waals surface area (Å²) >= 11 is 0.969. The minimum absolute atomic E-state index is 0.135. The summed E-state index contributed by atoms with van der Waals surface area (Å²) in [5.74, 6) is 1.13. The summed E-state index contributed by atoms with van der Waals surface area (Å²) in [5, 5.41) is -0.223. The molecule has 0 aliphatic carbocycles. The smallest absolute Gasteiger partial charge is 0.293 e. The SMILES string of the molecule is CC(C)N1C(=O)S/C(=C\c2ccc3c(c2)OCCO3)C1=O. The minimum atomic E-state index is -0.241. The van der Waals surface area contributed by atoms with Crippen molar-refractivity contribution < 1.29 is 19.1 Å². The summed E-state index contributed by atoms with van der Waals surface area (Å²) in [5.41, 5.74) is 0.813. The molecule has 0 radical (unpaired) electrons. The van der Waals surface area contributed by atoms with E-state index in [-0.39, 0.29) is 17.2 Å². The fourth-order valence-electron chi connectivity index (χ4n) is 2.23. The summed E-state index contributed by atoms with van der Waals surface area (Å²) in [6, 6.07) is 5.34. The number of thioether (sulfide) groups is 1. The Labute approximate surface area is 126 Å². The van der Waals surface area contributed by atoms with Crippen molar-refractivity contribution in [2.75, 3.05) is 13.2 Å². The first-order valence-corrected chi connectivity index (χ1v) is 7.54. The fourth-order valence-corrected chi connectivity index (χ4v) is 3.19. The zero-order valence-corrected chi connectivity index (χ0v) is 12.6. The molecule has 1 aromatic rings. The molecule has 1 aromatic carbocycles. The maximum Gasteiger partial charge on any atom is 0.293 e. The topological polar surface area (TPSA) is 55.8 Å². The second kappa shape index (κ2) is 5.44. The number of hydrogen-bond donors (Lipinski definition) is 0. The largest absolute Gasteiger partial charge is 0.486 e. The Kier molecular flexibility index (Phi) is 3.63. The Hall–Kier alpha value is -1.95. The number of fused-ring (bicyclic) bond motifs is 1. The van der Waals surface area contributed by atoms with Gasteiger partial charge in [0.15, 0.2) is 11.5 Å². The molecule has 5 nitrogen and oxygen atoms in total. The number of carbonyl (C=O) groups excluding carboxylic acids is 2. The van der Waals surface area contributed by atoms with Crippen molar-refractivity contribution in [2.24, 2.45) is 0 Å². The van der Waals surface area contributed by atoms with Crippen LogP contribution in [0, 0.1) is 0 Å². The molecule has 2 amide bonds. The third kappa shape index (κ3) is 2.63. The Bertz CT molecular complexity index is 639. The van der Waals surface area contributed by atoms with Gasteiger partial charge in [-0.15, -0.1) is 0 Å². The van der Waals surface area contributed by atoms with Gasteiger partial charge in [0.2, 0.25) is 0 Å². The second-order valence-electron chi connectivity index (χ2n) is 5.05. The van der Waals surface area contributed by atoms with Gasteiger partial charge in [-0.05, 0) is 49.4 Å². The van der Waals surface area contributed by atoms with Crippen molar-refractivity contribution >= 4 is 29.0 Å². The van der Waals surface area contributed by atoms with Crippen LogP contribution in [0.4, 0.5) is 4.79 Å². The number of benzene rings is 1. The average Bonchev–Trinajstić information content (AvgIpc) is 2.73. The van der Waals surface area contributed by atoms with Crippen LogP contribution in [0.25, 0.3) is 6.08 Å². The zero-order valence-electron chi connectivity index (χ0n) is 11.8. The van der Waals surface area contributed by atoms with E-state index in [0.29, 0.717) is 29.6 Å². The Balaban J connectivity index is 1.89. The van der Waals surface area contributed by atoms with E-state index in [1.165, 1.54) is 4.90 Å². The standard InChI is InChI=1S/C15H15NO4S/c1-9(2)16-14(17)13(21-15(16)18)8-10-3-4-11-12(7-10)20-6-5-19-11/h3-4,7-9H,5-6H2,1-2H3/b13-8-. The number of nitrogens with zero attached hydrogens (tertiary/aromatic N) is 1. The van der Waals surface area contributed by atoms with Gasteiger partial charge in [0.05, 0.1) is 4.91 Å². The highest BCUT2D eigenvalue weighted by Gasteiger charge is 2.36. The van der Waals surface area contributed by atoms with Gasteiger partial charge in [0.1, 0.15) is 13.2 Å². The van der Waals surface area contributed by atoms with Crippen molar-refractivity contribution in [1.82, 2.24) is 4.90 Å². The van der Waals surface area contributed by atoms with E-state index in [0.717, 1.165) is 17.3 Å². The quantitative estimate of drug-likeness (QED) is 0.786. The highest BCUT2D eigenvalue weighted by Crippen LogP contribution is 2.36. The van der Waals surface area contributed by atoms with E-state index in [2.05, 4.69) is 0 Å². The Morgan fingerprint density at radius 3 is 2.57 bits per heavy atom. The van der Waals surface area contributed by atoms with Crippen LogP contribution in [0.1, 0.15) is 19.4 Å². The molecular formula is C15H15NO4S. The lowest BCUT2D eigenvalue weighted by Crippen LogP contribution is -2.34. The molecule has 6 heteroatoms. The van der Waals surface area contributed by atoms with Crippen molar-refractivity contribution in [1.29, 1.82) is 0 Å². The lowest BCUT2D eigenvalue weighted by atomic mass is 10.1. The van der Waals surface area contributed by atoms with Gasteiger partial charge in [0.25, 0.3) is 11.1 Å². The van der Waals surface area contributed by atoms with Gasteiger partial charge in [-0.3, -0.25) is 14.5 Å². The molecule has 0 unspecified atom stereocenters. The summed E-state index contributed by atoms with van der Waals surface area (Å²) < 4.78 is 11.0. The van der Waals surface area contributed by atoms with E-state index >= 15 is 0 Å². The van der Waals surface area contributed by atoms with E-state index < -0.39 is 0 Å². The number of imide groups is 1. The van der Waals surface area contributed by atoms with Crippen molar-refractivity contribution in [3.05, 3.63) is 28.7 Å². The molecule has 110 valence electrons. The van der Waals surface area contributed by atoms with Crippen LogP contribution in [-0.2, 0) is 4.79 Å². The van der Waals surface area contributed by atoms with Crippen LogP contribution in [-0.4, -0.2) is 35.3 Å². The maximum atomic E-state index is 12.2. The summed E-state index contributed by atoms with van der Waals surface area (Å²) in [6.07, 6.45) is 1.71. The molecule has 0 spiro atoms. The third-order valence-corrected chi connectivity index (χ3v) is 4.09. The minimum Gasteiger partial charge on any atom is -0.486 e. The van der Waals surface area contributed by atoms with Gasteiger partial charge in [-0.2, -0.15) is 0 Å². The lowest BCUT2D eigenvalue weighted by molar-refractivity contribution is -0.123. The highest BCUT2D eigenvalue weighted by atomic mass is 32.2. The van der Waals surface area contributed by atoms with Gasteiger partial charge in [0, 0.05) is 6.04 Å². The van der Waals surface area contributed by atoms with E-state index in [1.807, 2.05) is 32.0 Å². The predicted octanol–water partition coefficient (Wildman–Crippen LogP) is 2.90. The summed E-state index contributed by atoms with van der Waals surface area (Å²) in [7, 11) is 0. The Morgan fingerprint density at radius 1 is 1.19 bits per heavy atom. The van der Waals surface area contributed by atoms with Crippen LogP contribution in [0.2, 0.25) is 0 Å². The van der Waals surface area contributed by atoms with E-state index in [9.17, 15) is 9.59 Å². The molecule has 1 saturated heterocycles. The first-order valence-electron chi connectivity index (χ1n) is 6.73. The fraction of sp³-hybridized carbons (Fsp3) is 0.333. The predicted molar refractivity (Wildman–Crippen MR) is 80.4 cm³/mol. The van der Waals surface area contributed by atoms with Gasteiger partial charge in [-0.1, -0.05) is 6.07 Å². The molecule has 1 fully saturated rings. The maximum absolute atomic E-state index is 12.2. The molecule has 0 N–H and O–H groups in total. The van der Waals surface area contributed by atoms with Crippen LogP contribution in [0.5, 0.6) is 11.5 Å². The van der Waals surface area contributed by atoms with Crippen molar-refractivity contribution in [3.63, 3.8) is 0 Å². The van der Waals surface area contributed by atoms with Gasteiger partial charge in [-0.25, -0.2) is 0 Å². The first-order chi connectivity index (χ1) is 10.1. The molecule has 2 aliphatic heterocycles. The van der Waals surface area contributed by atoms with E-state index in [4.69, 9.17) is 9.47 Å². The normalized spacial score (nSPS) is 19.8. The molecule has 3 rings (SSSR count). The van der Waals surface area contributed by atoms with Crippen molar-refractivity contribution in [3.8, 4) is 11.5 Å². The molecule has 0 aromatic heterocycles. The van der Waals surface area contributed by atoms with Gasteiger partial charge >= 0.3 is 0 Å². The third-order valence-electron chi connectivity index (χ3n) is 3.20. The summed E-state index contributed by atoms with van der Waals surface area (Å²) in [4.78, 5) is 25.8. The van der Waals surface area contributed by atoms with Crippen LogP contribution in [0.3, 0.4) is 0 Å². The number of carbonyl (C=O) groups is 2. The van der Waals surface area contributed by atoms with Crippen LogP contribution >= 0.6 is 11.8 Å². The number of rotatable bonds is 2. The summed E-state index contributed by atoms with van der Waals surface area (Å²) in [6.45, 7) is 4.70. The van der Waals surface area contributed by atoms with E-state index in [1.54, 1.807) is 6.08 Å². The van der Waals surface area contributed by atoms with Crippen LogP contribution in [0.15, 0.2) is 23.1 Å². The highest BCUT2D eigenvalue weighted by molar-refractivity contribution is 8.18. The lowest BCUT2D eigenvalue weighted by Gasteiger charge is -2.18. The molecule has 2 aliphatic rings.